The van der Waals surface area contributed by atoms with Crippen LogP contribution in [0.3, 0.4) is 0 Å². The van der Waals surface area contributed by atoms with Gasteiger partial charge in [-0.1, -0.05) is 329 Å². The Morgan fingerprint density at radius 3 is 0.908 bits per heavy atom. The molecule has 0 N–H and O–H groups in total. The number of rotatable bonds is 52. The molecule has 436 valence electrons. The van der Waals surface area contributed by atoms with E-state index in [1.807, 2.05) is 0 Å². The van der Waals surface area contributed by atoms with E-state index in [1.165, 1.54) is 266 Å². The first-order valence-corrected chi connectivity index (χ1v) is 33.6. The van der Waals surface area contributed by atoms with E-state index < -0.39 is 0 Å². The van der Waals surface area contributed by atoms with E-state index in [0.717, 1.165) is 93.4 Å². The quantitative estimate of drug-likeness (QED) is 0.0273. The Hall–Kier alpha value is -2.43. The topological polar surface area (TPSA) is 24.7 Å². The fraction of sp³-hybridized carbons (Fsp3) is 0.753. The monoisotopic (exact) mass is 1090 g/mol. The molecule has 0 unspecified atom stereocenters. The second-order valence-electron chi connectivity index (χ2n) is 23.3. The molecular weight excluding hydrogens is 964 g/mol. The third kappa shape index (κ3) is 41.6. The van der Waals surface area contributed by atoms with Gasteiger partial charge in [0.2, 0.25) is 0 Å². The third-order valence-electron chi connectivity index (χ3n) is 15.6. The summed E-state index contributed by atoms with van der Waals surface area (Å²) in [7, 11) is 0. The SMILES string of the molecule is CCCCCCCCCCCCCCCCCCCC/C=C/C(=Nc1cc(CCC)cc(CCC)c1)C(C#CCCCCCCCCCCCCCCCCCCCCCCC)=Nc1cc(CCC)cc(CCC)c1.[Ni]. The van der Waals surface area contributed by atoms with Crippen molar-refractivity contribution in [3.05, 3.63) is 70.8 Å². The molecule has 0 aliphatic rings. The molecule has 0 fully saturated rings. The second-order valence-corrected chi connectivity index (χ2v) is 23.3. The summed E-state index contributed by atoms with van der Waals surface area (Å²) in [6, 6.07) is 14.1. The van der Waals surface area contributed by atoms with Crippen molar-refractivity contribution in [1.82, 2.24) is 0 Å². The fourth-order valence-electron chi connectivity index (χ4n) is 11.1. The first-order chi connectivity index (χ1) is 37.1. The Bertz CT molecular complexity index is 1710. The number of aryl methyl sites for hydroxylation is 4. The number of hydrogen-bond donors (Lipinski definition) is 0. The minimum atomic E-state index is 0. The zero-order valence-corrected chi connectivity index (χ0v) is 52.5. The molecule has 2 aromatic carbocycles. The molecule has 2 nitrogen and oxygen atoms in total. The van der Waals surface area contributed by atoms with Crippen LogP contribution in [0, 0.1) is 11.8 Å². The molecule has 0 saturated heterocycles. The van der Waals surface area contributed by atoms with E-state index in [4.69, 9.17) is 9.98 Å². The van der Waals surface area contributed by atoms with Crippen molar-refractivity contribution in [3.63, 3.8) is 0 Å². The summed E-state index contributed by atoms with van der Waals surface area (Å²) in [6.45, 7) is 13.7. The standard InChI is InChI=1S/C73H124N2.Ni/c1-7-13-15-17-19-21-23-25-27-29-31-33-34-35-37-39-41-43-45-47-49-51-53-59-73(75-71-64-68(56-11-5)61-69(65-71)57-12-6)72(74-70-62-66(54-9-3)60-67(63-70)55-10-4)58-52-50-48-46-44-42-40-38-36-32-30-28-26-24-22-20-18-16-14-8-2;/h52,58,60-65H,7-51,54-57H2,1-6H3;/b58-52+,74-72?,75-73?;. The molecule has 0 saturated carbocycles. The molecule has 0 atom stereocenters. The summed E-state index contributed by atoms with van der Waals surface area (Å²) >= 11 is 0. The van der Waals surface area contributed by atoms with Crippen molar-refractivity contribution >= 4 is 22.8 Å². The van der Waals surface area contributed by atoms with Crippen molar-refractivity contribution in [2.24, 2.45) is 9.98 Å². The van der Waals surface area contributed by atoms with Crippen LogP contribution in [0.5, 0.6) is 0 Å². The molecule has 76 heavy (non-hydrogen) atoms. The van der Waals surface area contributed by atoms with Gasteiger partial charge in [0.25, 0.3) is 0 Å². The molecule has 0 aromatic heterocycles. The van der Waals surface area contributed by atoms with Gasteiger partial charge in [0.1, 0.15) is 5.71 Å². The van der Waals surface area contributed by atoms with Gasteiger partial charge in [0.15, 0.2) is 0 Å². The number of nitrogens with zero attached hydrogens (tertiary/aromatic N) is 2. The molecule has 0 radical (unpaired) electrons. The molecule has 0 bridgehead atoms. The molecule has 3 heteroatoms. The normalized spacial score (nSPS) is 11.9. The Labute approximate surface area is 485 Å². The summed E-state index contributed by atoms with van der Waals surface area (Å²) in [5, 5.41) is 0. The average Bonchev–Trinajstić information content (AvgIpc) is 3.40. The zero-order chi connectivity index (χ0) is 53.8. The van der Waals surface area contributed by atoms with Gasteiger partial charge in [-0.25, -0.2) is 9.98 Å². The van der Waals surface area contributed by atoms with Crippen LogP contribution in [0.25, 0.3) is 0 Å². The second kappa shape index (κ2) is 54.5. The van der Waals surface area contributed by atoms with Crippen LogP contribution < -0.4 is 0 Å². The Kier molecular flexibility index (Phi) is 51.4. The van der Waals surface area contributed by atoms with E-state index in [0.29, 0.717) is 0 Å². The van der Waals surface area contributed by atoms with E-state index in [-0.39, 0.29) is 16.5 Å². The number of unbranched alkanes of at least 4 members (excludes halogenated alkanes) is 39. The molecule has 0 spiro atoms. The number of aliphatic imine (C=N–C) groups is 2. The first kappa shape index (κ1) is 71.6. The van der Waals surface area contributed by atoms with Crippen LogP contribution in [0.2, 0.25) is 0 Å². The predicted molar refractivity (Wildman–Crippen MR) is 341 cm³/mol. The fourth-order valence-corrected chi connectivity index (χ4v) is 11.1. The van der Waals surface area contributed by atoms with Crippen molar-refractivity contribution < 1.29 is 16.5 Å². The maximum Gasteiger partial charge on any atom is 0.139 e. The third-order valence-corrected chi connectivity index (χ3v) is 15.6. The van der Waals surface area contributed by atoms with Crippen LogP contribution in [-0.4, -0.2) is 11.4 Å². The summed E-state index contributed by atoms with van der Waals surface area (Å²) in [5.41, 5.74) is 9.35. The van der Waals surface area contributed by atoms with Crippen LogP contribution in [0.4, 0.5) is 11.4 Å². The maximum absolute atomic E-state index is 5.48. The number of benzene rings is 2. The minimum Gasteiger partial charge on any atom is -0.246 e. The van der Waals surface area contributed by atoms with E-state index in [2.05, 4.69) is 102 Å². The number of allylic oxidation sites excluding steroid dienone is 2. The summed E-state index contributed by atoms with van der Waals surface area (Å²) < 4.78 is 0. The van der Waals surface area contributed by atoms with Gasteiger partial charge in [-0.2, -0.15) is 0 Å². The Morgan fingerprint density at radius 1 is 0.329 bits per heavy atom. The van der Waals surface area contributed by atoms with E-state index in [9.17, 15) is 0 Å². The Morgan fingerprint density at radius 2 is 0.605 bits per heavy atom. The molecule has 0 amide bonds. The van der Waals surface area contributed by atoms with E-state index in [1.54, 1.807) is 0 Å². The van der Waals surface area contributed by atoms with E-state index >= 15 is 0 Å². The first-order valence-electron chi connectivity index (χ1n) is 33.6. The van der Waals surface area contributed by atoms with Gasteiger partial charge in [-0.3, -0.25) is 0 Å². The largest absolute Gasteiger partial charge is 0.246 e. The molecular formula is C73H124N2Ni. The van der Waals surface area contributed by atoms with Crippen molar-refractivity contribution in [2.45, 2.75) is 356 Å². The molecule has 0 aliphatic heterocycles. The van der Waals surface area contributed by atoms with Gasteiger partial charge in [-0.05, 0) is 103 Å². The van der Waals surface area contributed by atoms with Gasteiger partial charge in [0, 0.05) is 22.9 Å². The van der Waals surface area contributed by atoms with Gasteiger partial charge >= 0.3 is 0 Å². The summed E-state index contributed by atoms with van der Waals surface area (Å²) in [6.07, 6.45) is 70.4. The molecule has 0 heterocycles. The summed E-state index contributed by atoms with van der Waals surface area (Å²) in [4.78, 5) is 10.9. The Balaban J connectivity index is 0.0000289. The average molecular weight is 1090 g/mol. The van der Waals surface area contributed by atoms with Crippen molar-refractivity contribution in [3.8, 4) is 11.8 Å². The summed E-state index contributed by atoms with van der Waals surface area (Å²) in [5.74, 6) is 7.31. The molecule has 2 rings (SSSR count). The number of hydrogen-bond acceptors (Lipinski definition) is 2. The maximum atomic E-state index is 5.48. The van der Waals surface area contributed by atoms with Crippen LogP contribution in [0.1, 0.15) is 353 Å². The zero-order valence-electron chi connectivity index (χ0n) is 51.5. The smallest absolute Gasteiger partial charge is 0.139 e. The van der Waals surface area contributed by atoms with Crippen molar-refractivity contribution in [2.75, 3.05) is 0 Å². The predicted octanol–water partition coefficient (Wildman–Crippen LogP) is 24.9. The molecule has 2 aromatic rings. The van der Waals surface area contributed by atoms with Crippen LogP contribution in [-0.2, 0) is 42.2 Å². The van der Waals surface area contributed by atoms with Gasteiger partial charge in [-0.15, -0.1) is 0 Å². The van der Waals surface area contributed by atoms with Gasteiger partial charge in [0.05, 0.1) is 17.1 Å². The minimum absolute atomic E-state index is 0. The molecule has 0 aliphatic carbocycles. The van der Waals surface area contributed by atoms with Crippen molar-refractivity contribution in [1.29, 1.82) is 0 Å². The van der Waals surface area contributed by atoms with Crippen LogP contribution >= 0.6 is 0 Å². The van der Waals surface area contributed by atoms with Gasteiger partial charge < -0.3 is 0 Å². The van der Waals surface area contributed by atoms with Crippen LogP contribution in [0.15, 0.2) is 58.5 Å².